The summed E-state index contributed by atoms with van der Waals surface area (Å²) in [5.41, 5.74) is 1.78. The van der Waals surface area contributed by atoms with Crippen LogP contribution in [-0.2, 0) is 11.3 Å². The highest BCUT2D eigenvalue weighted by molar-refractivity contribution is 5.76. The van der Waals surface area contributed by atoms with Crippen molar-refractivity contribution in [3.63, 3.8) is 0 Å². The van der Waals surface area contributed by atoms with Crippen molar-refractivity contribution in [1.29, 1.82) is 0 Å². The first-order chi connectivity index (χ1) is 10.5. The number of hydrogen-bond donors (Lipinski definition) is 1. The van der Waals surface area contributed by atoms with E-state index in [2.05, 4.69) is 15.3 Å². The normalized spacial score (nSPS) is 12.0. The van der Waals surface area contributed by atoms with Crippen LogP contribution >= 0.6 is 0 Å². The average Bonchev–Trinajstić information content (AvgIpc) is 2.49. The van der Waals surface area contributed by atoms with Crippen molar-refractivity contribution in [2.24, 2.45) is 0 Å². The molecule has 0 aromatic carbocycles. The molecule has 0 spiro atoms. The van der Waals surface area contributed by atoms with Crippen LogP contribution in [0.15, 0.2) is 35.3 Å². The maximum Gasteiger partial charge on any atom is 0.348 e. The van der Waals surface area contributed by atoms with Gasteiger partial charge in [0.25, 0.3) is 0 Å². The highest BCUT2D eigenvalue weighted by atomic mass is 16.2. The van der Waals surface area contributed by atoms with E-state index in [0.29, 0.717) is 5.69 Å². The van der Waals surface area contributed by atoms with Gasteiger partial charge in [0.05, 0.1) is 11.7 Å². The zero-order chi connectivity index (χ0) is 16.1. The Balaban J connectivity index is 2.12. The molecule has 1 amide bonds. The average molecular weight is 300 g/mol. The number of nitrogens with zero attached hydrogens (tertiary/aromatic N) is 3. The molecule has 1 unspecified atom stereocenters. The monoisotopic (exact) mass is 300 g/mol. The summed E-state index contributed by atoms with van der Waals surface area (Å²) in [5.74, 6) is -0.228. The minimum Gasteiger partial charge on any atom is -0.346 e. The minimum absolute atomic E-state index is 0.0404. The van der Waals surface area contributed by atoms with E-state index in [1.54, 1.807) is 26.1 Å². The van der Waals surface area contributed by atoms with Crippen LogP contribution in [0.5, 0.6) is 0 Å². The van der Waals surface area contributed by atoms with E-state index < -0.39 is 5.69 Å². The van der Waals surface area contributed by atoms with Crippen molar-refractivity contribution in [2.45, 2.75) is 39.8 Å². The Bertz CT molecular complexity index is 710. The topological polar surface area (TPSA) is 76.9 Å². The molecule has 0 aliphatic carbocycles. The van der Waals surface area contributed by atoms with Crippen LogP contribution < -0.4 is 11.0 Å². The van der Waals surface area contributed by atoms with E-state index in [0.717, 1.165) is 17.8 Å². The van der Waals surface area contributed by atoms with Gasteiger partial charge in [0.1, 0.15) is 6.54 Å². The second-order valence-electron chi connectivity index (χ2n) is 5.19. The Hall–Kier alpha value is -2.50. The van der Waals surface area contributed by atoms with Gasteiger partial charge in [-0.05, 0) is 38.5 Å². The highest BCUT2D eigenvalue weighted by Crippen LogP contribution is 2.13. The summed E-state index contributed by atoms with van der Waals surface area (Å²) < 4.78 is 1.37. The van der Waals surface area contributed by atoms with E-state index in [1.165, 1.54) is 4.57 Å². The molecule has 116 valence electrons. The van der Waals surface area contributed by atoms with Crippen molar-refractivity contribution >= 4 is 5.91 Å². The predicted molar refractivity (Wildman–Crippen MR) is 83.4 cm³/mol. The zero-order valence-electron chi connectivity index (χ0n) is 13.0. The Kier molecular flexibility index (Phi) is 5.04. The van der Waals surface area contributed by atoms with Crippen LogP contribution in [0.1, 0.15) is 36.5 Å². The summed E-state index contributed by atoms with van der Waals surface area (Å²) >= 11 is 0. The van der Waals surface area contributed by atoms with Gasteiger partial charge in [-0.3, -0.25) is 14.3 Å². The number of aromatic nitrogens is 3. The Morgan fingerprint density at radius 2 is 2.14 bits per heavy atom. The van der Waals surface area contributed by atoms with Gasteiger partial charge < -0.3 is 5.32 Å². The van der Waals surface area contributed by atoms with Gasteiger partial charge in [0, 0.05) is 17.6 Å². The fraction of sp³-hybridized carbons (Fsp3) is 0.375. The van der Waals surface area contributed by atoms with Gasteiger partial charge in [0.15, 0.2) is 0 Å². The second kappa shape index (κ2) is 6.98. The third kappa shape index (κ3) is 3.78. The van der Waals surface area contributed by atoms with E-state index in [1.807, 2.05) is 25.1 Å². The third-order valence-electron chi connectivity index (χ3n) is 3.44. The number of carbonyl (C=O) groups is 1. The summed E-state index contributed by atoms with van der Waals surface area (Å²) in [4.78, 5) is 32.2. The lowest BCUT2D eigenvalue weighted by atomic mass is 10.1. The molecule has 0 radical (unpaired) electrons. The standard InChI is InChI=1S/C16H20N4O2/c1-4-13(14-7-5-6-8-17-14)19-15(21)10-20-12(3)9-11(2)18-16(20)22/h5-9,13H,4,10H2,1-3H3,(H,19,21). The summed E-state index contributed by atoms with van der Waals surface area (Å²) in [6.07, 6.45) is 2.42. The first kappa shape index (κ1) is 15.9. The smallest absolute Gasteiger partial charge is 0.346 e. The van der Waals surface area contributed by atoms with Crippen molar-refractivity contribution < 1.29 is 4.79 Å². The minimum atomic E-state index is -0.404. The van der Waals surface area contributed by atoms with E-state index in [-0.39, 0.29) is 18.5 Å². The number of rotatable bonds is 5. The van der Waals surface area contributed by atoms with Crippen molar-refractivity contribution in [3.8, 4) is 0 Å². The van der Waals surface area contributed by atoms with Crippen molar-refractivity contribution in [3.05, 3.63) is 58.0 Å². The van der Waals surface area contributed by atoms with Crippen LogP contribution in [0.2, 0.25) is 0 Å². The van der Waals surface area contributed by atoms with Gasteiger partial charge in [-0.1, -0.05) is 13.0 Å². The number of nitrogens with one attached hydrogen (secondary N) is 1. The van der Waals surface area contributed by atoms with E-state index in [4.69, 9.17) is 0 Å². The van der Waals surface area contributed by atoms with Crippen LogP contribution in [0, 0.1) is 13.8 Å². The first-order valence-electron chi connectivity index (χ1n) is 7.26. The Labute approximate surface area is 129 Å². The largest absolute Gasteiger partial charge is 0.348 e. The van der Waals surface area contributed by atoms with Gasteiger partial charge in [-0.25, -0.2) is 4.79 Å². The molecule has 6 heteroatoms. The lowest BCUT2D eigenvalue weighted by molar-refractivity contribution is -0.122. The number of carbonyl (C=O) groups excluding carboxylic acids is 1. The van der Waals surface area contributed by atoms with Gasteiger partial charge in [-0.15, -0.1) is 0 Å². The highest BCUT2D eigenvalue weighted by Gasteiger charge is 2.15. The quantitative estimate of drug-likeness (QED) is 0.908. The molecule has 2 heterocycles. The van der Waals surface area contributed by atoms with Gasteiger partial charge in [0.2, 0.25) is 5.91 Å². The molecule has 2 aromatic heterocycles. The predicted octanol–water partition coefficient (Wildman–Crippen LogP) is 1.52. The van der Waals surface area contributed by atoms with Crippen LogP contribution in [0.4, 0.5) is 0 Å². The third-order valence-corrected chi connectivity index (χ3v) is 3.44. The molecule has 0 fully saturated rings. The van der Waals surface area contributed by atoms with Crippen LogP contribution in [-0.4, -0.2) is 20.4 Å². The molecule has 1 N–H and O–H groups in total. The maximum atomic E-state index is 12.2. The van der Waals surface area contributed by atoms with Crippen LogP contribution in [0.3, 0.4) is 0 Å². The Morgan fingerprint density at radius 1 is 1.36 bits per heavy atom. The lowest BCUT2D eigenvalue weighted by Gasteiger charge is -2.17. The lowest BCUT2D eigenvalue weighted by Crippen LogP contribution is -2.36. The maximum absolute atomic E-state index is 12.2. The number of amides is 1. The fourth-order valence-electron chi connectivity index (χ4n) is 2.32. The van der Waals surface area contributed by atoms with E-state index >= 15 is 0 Å². The summed E-state index contributed by atoms with van der Waals surface area (Å²) in [7, 11) is 0. The molecule has 22 heavy (non-hydrogen) atoms. The first-order valence-corrected chi connectivity index (χ1v) is 7.26. The van der Waals surface area contributed by atoms with Crippen molar-refractivity contribution in [1.82, 2.24) is 19.9 Å². The molecule has 0 saturated heterocycles. The Morgan fingerprint density at radius 3 is 2.73 bits per heavy atom. The van der Waals surface area contributed by atoms with Crippen LogP contribution in [0.25, 0.3) is 0 Å². The molecular weight excluding hydrogens is 280 g/mol. The summed E-state index contributed by atoms with van der Waals surface area (Å²) in [6.45, 7) is 5.48. The molecular formula is C16H20N4O2. The molecule has 2 aromatic rings. The second-order valence-corrected chi connectivity index (χ2v) is 5.19. The molecule has 0 aliphatic rings. The summed E-state index contributed by atoms with van der Waals surface area (Å²) in [5, 5.41) is 2.91. The molecule has 1 atom stereocenters. The molecule has 0 saturated carbocycles. The number of hydrogen-bond acceptors (Lipinski definition) is 4. The summed E-state index contributed by atoms with van der Waals surface area (Å²) in [6, 6.07) is 7.21. The van der Waals surface area contributed by atoms with Gasteiger partial charge >= 0.3 is 5.69 Å². The molecule has 0 bridgehead atoms. The zero-order valence-corrected chi connectivity index (χ0v) is 13.0. The molecule has 0 aliphatic heterocycles. The van der Waals surface area contributed by atoms with E-state index in [9.17, 15) is 9.59 Å². The SMILES string of the molecule is CCC(NC(=O)Cn1c(C)cc(C)nc1=O)c1ccccn1. The fourth-order valence-corrected chi connectivity index (χ4v) is 2.32. The number of aryl methyl sites for hydroxylation is 2. The van der Waals surface area contributed by atoms with Crippen molar-refractivity contribution in [2.75, 3.05) is 0 Å². The molecule has 6 nitrogen and oxygen atoms in total. The van der Waals surface area contributed by atoms with Gasteiger partial charge in [-0.2, -0.15) is 4.98 Å². The number of pyridine rings is 1. The molecule has 2 rings (SSSR count).